The lowest BCUT2D eigenvalue weighted by Gasteiger charge is -2.18. The largest absolute Gasteiger partial charge is 0.463 e. The number of furan rings is 1. The van der Waals surface area contributed by atoms with Gasteiger partial charge in [0, 0.05) is 18.8 Å². The molecule has 1 aromatic heterocycles. The number of amides is 1. The predicted molar refractivity (Wildman–Crippen MR) is 99.1 cm³/mol. The Labute approximate surface area is 154 Å². The van der Waals surface area contributed by atoms with Crippen LogP contribution in [-0.2, 0) is 14.8 Å². The third kappa shape index (κ3) is 4.94. The minimum absolute atomic E-state index is 0.0392. The Balaban J connectivity index is 1.93. The van der Waals surface area contributed by atoms with Crippen molar-refractivity contribution in [2.45, 2.75) is 31.7 Å². The lowest BCUT2D eigenvalue weighted by Crippen LogP contribution is -2.86. The number of nitrogens with two attached hydrogens (primary N) is 1. The van der Waals surface area contributed by atoms with E-state index in [1.165, 1.54) is 16.4 Å². The molecule has 0 saturated heterocycles. The molecule has 1 heterocycles. The van der Waals surface area contributed by atoms with Crippen molar-refractivity contribution in [1.82, 2.24) is 4.31 Å². The summed E-state index contributed by atoms with van der Waals surface area (Å²) in [5.41, 5.74) is 0.563. The topological polar surface area (TPSA) is 96.2 Å². The normalized spacial score (nSPS) is 12.9. The van der Waals surface area contributed by atoms with E-state index in [2.05, 4.69) is 5.32 Å². The van der Waals surface area contributed by atoms with Gasteiger partial charge in [0.25, 0.3) is 5.91 Å². The molecular formula is C18H26N3O4S+. The van der Waals surface area contributed by atoms with Crippen LogP contribution in [0.3, 0.4) is 0 Å². The molecule has 0 spiro atoms. The van der Waals surface area contributed by atoms with Gasteiger partial charge in [-0.15, -0.1) is 0 Å². The van der Waals surface area contributed by atoms with Crippen LogP contribution in [0.2, 0.25) is 0 Å². The molecule has 142 valence electrons. The summed E-state index contributed by atoms with van der Waals surface area (Å²) in [6.07, 6.45) is 1.60. The van der Waals surface area contributed by atoms with Crippen molar-refractivity contribution < 1.29 is 22.9 Å². The van der Waals surface area contributed by atoms with E-state index in [-0.39, 0.29) is 23.4 Å². The molecule has 0 aliphatic heterocycles. The van der Waals surface area contributed by atoms with Crippen molar-refractivity contribution in [3.8, 4) is 0 Å². The van der Waals surface area contributed by atoms with Gasteiger partial charge in [0.1, 0.15) is 6.04 Å². The zero-order valence-corrected chi connectivity index (χ0v) is 16.1. The molecule has 26 heavy (non-hydrogen) atoms. The summed E-state index contributed by atoms with van der Waals surface area (Å²) in [4.78, 5) is 12.3. The standard InChI is InChI=1S/C18H25N3O4S/c1-4-21(5-2)26(23,24)16-10-8-15(9-11-16)20-18(22)13-19-14(3)17-7-6-12-25-17/h6-12,14,19H,4-5,13H2,1-3H3,(H,20,22)/p+1/t14-/m1/s1. The van der Waals surface area contributed by atoms with Crippen LogP contribution in [0.1, 0.15) is 32.6 Å². The number of nitrogens with one attached hydrogen (secondary N) is 1. The van der Waals surface area contributed by atoms with Gasteiger partial charge in [-0.2, -0.15) is 4.31 Å². The van der Waals surface area contributed by atoms with Gasteiger partial charge in [0.15, 0.2) is 12.3 Å². The minimum Gasteiger partial charge on any atom is -0.463 e. The van der Waals surface area contributed by atoms with E-state index in [1.54, 1.807) is 32.2 Å². The van der Waals surface area contributed by atoms with E-state index < -0.39 is 10.0 Å². The van der Waals surface area contributed by atoms with Crippen molar-refractivity contribution >= 4 is 21.6 Å². The van der Waals surface area contributed by atoms with Gasteiger partial charge in [-0.3, -0.25) is 4.79 Å². The maximum atomic E-state index is 12.4. The Hall–Kier alpha value is -2.16. The summed E-state index contributed by atoms with van der Waals surface area (Å²) in [6.45, 7) is 6.63. The number of benzene rings is 1. The molecule has 0 saturated carbocycles. The molecule has 1 amide bonds. The number of anilines is 1. The van der Waals surface area contributed by atoms with E-state index in [0.29, 0.717) is 18.8 Å². The predicted octanol–water partition coefficient (Wildman–Crippen LogP) is 1.57. The van der Waals surface area contributed by atoms with Crippen LogP contribution in [0, 0.1) is 0 Å². The maximum absolute atomic E-state index is 12.4. The van der Waals surface area contributed by atoms with Crippen LogP contribution in [0.25, 0.3) is 0 Å². The summed E-state index contributed by atoms with van der Waals surface area (Å²) in [5, 5.41) is 4.64. The summed E-state index contributed by atoms with van der Waals surface area (Å²) in [7, 11) is -3.49. The van der Waals surface area contributed by atoms with Gasteiger partial charge < -0.3 is 15.1 Å². The van der Waals surface area contributed by atoms with Gasteiger partial charge >= 0.3 is 0 Å². The molecule has 2 rings (SSSR count). The van der Waals surface area contributed by atoms with Crippen LogP contribution < -0.4 is 10.6 Å². The summed E-state index contributed by atoms with van der Waals surface area (Å²) in [5.74, 6) is 0.645. The summed E-state index contributed by atoms with van der Waals surface area (Å²) >= 11 is 0. The third-order valence-electron chi connectivity index (χ3n) is 4.13. The molecule has 2 aromatic rings. The highest BCUT2D eigenvalue weighted by molar-refractivity contribution is 7.89. The van der Waals surface area contributed by atoms with Crippen molar-refractivity contribution in [3.05, 3.63) is 48.4 Å². The number of carbonyl (C=O) groups excluding carboxylic acids is 1. The van der Waals surface area contributed by atoms with Gasteiger partial charge in [-0.1, -0.05) is 13.8 Å². The minimum atomic E-state index is -3.49. The summed E-state index contributed by atoms with van der Waals surface area (Å²) in [6, 6.07) is 9.95. The first kappa shape index (κ1) is 20.2. The Bertz CT molecular complexity index is 797. The summed E-state index contributed by atoms with van der Waals surface area (Å²) < 4.78 is 31.6. The van der Waals surface area contributed by atoms with Crippen molar-refractivity contribution in [3.63, 3.8) is 0 Å². The van der Waals surface area contributed by atoms with Crippen LogP contribution >= 0.6 is 0 Å². The molecule has 8 heteroatoms. The average molecular weight is 380 g/mol. The molecule has 0 unspecified atom stereocenters. The number of quaternary nitrogens is 1. The first-order chi connectivity index (χ1) is 12.4. The number of hydrogen-bond acceptors (Lipinski definition) is 4. The monoisotopic (exact) mass is 380 g/mol. The number of carbonyl (C=O) groups is 1. The Morgan fingerprint density at radius 1 is 1.19 bits per heavy atom. The first-order valence-corrected chi connectivity index (χ1v) is 10.1. The van der Waals surface area contributed by atoms with Crippen LogP contribution in [0.4, 0.5) is 5.69 Å². The van der Waals surface area contributed by atoms with Gasteiger partial charge in [-0.05, 0) is 43.3 Å². The Morgan fingerprint density at radius 2 is 1.85 bits per heavy atom. The molecule has 0 aliphatic carbocycles. The molecule has 1 atom stereocenters. The average Bonchev–Trinajstić information content (AvgIpc) is 3.16. The highest BCUT2D eigenvalue weighted by Gasteiger charge is 2.21. The third-order valence-corrected chi connectivity index (χ3v) is 6.19. The number of hydrogen-bond donors (Lipinski definition) is 2. The quantitative estimate of drug-likeness (QED) is 0.690. The number of rotatable bonds is 9. The Morgan fingerprint density at radius 3 is 2.38 bits per heavy atom. The molecular weight excluding hydrogens is 354 g/mol. The van der Waals surface area contributed by atoms with Crippen molar-refractivity contribution in [2.75, 3.05) is 25.0 Å². The van der Waals surface area contributed by atoms with E-state index in [9.17, 15) is 13.2 Å². The maximum Gasteiger partial charge on any atom is 0.279 e. The van der Waals surface area contributed by atoms with E-state index in [0.717, 1.165) is 5.76 Å². The Kier molecular flexibility index (Phi) is 6.96. The van der Waals surface area contributed by atoms with E-state index >= 15 is 0 Å². The van der Waals surface area contributed by atoms with Gasteiger partial charge in [0.2, 0.25) is 10.0 Å². The smallest absolute Gasteiger partial charge is 0.279 e. The van der Waals surface area contributed by atoms with Crippen LogP contribution in [0.15, 0.2) is 52.0 Å². The molecule has 7 nitrogen and oxygen atoms in total. The van der Waals surface area contributed by atoms with E-state index in [4.69, 9.17) is 4.42 Å². The number of nitrogens with zero attached hydrogens (tertiary/aromatic N) is 1. The lowest BCUT2D eigenvalue weighted by atomic mass is 10.2. The van der Waals surface area contributed by atoms with E-state index in [1.807, 2.05) is 24.4 Å². The lowest BCUT2D eigenvalue weighted by molar-refractivity contribution is -0.684. The first-order valence-electron chi connectivity index (χ1n) is 8.65. The fourth-order valence-electron chi connectivity index (χ4n) is 2.59. The molecule has 0 bridgehead atoms. The van der Waals surface area contributed by atoms with Gasteiger partial charge in [-0.25, -0.2) is 8.42 Å². The zero-order valence-electron chi connectivity index (χ0n) is 15.3. The van der Waals surface area contributed by atoms with Crippen molar-refractivity contribution in [2.24, 2.45) is 0 Å². The molecule has 1 aromatic carbocycles. The van der Waals surface area contributed by atoms with Gasteiger partial charge in [0.05, 0.1) is 11.2 Å². The second kappa shape index (κ2) is 8.98. The number of sulfonamides is 1. The fourth-order valence-corrected chi connectivity index (χ4v) is 4.04. The highest BCUT2D eigenvalue weighted by Crippen LogP contribution is 2.18. The second-order valence-corrected chi connectivity index (χ2v) is 7.84. The SMILES string of the molecule is CCN(CC)S(=O)(=O)c1ccc(NC(=O)C[NH2+][C@H](C)c2ccco2)cc1. The molecule has 0 radical (unpaired) electrons. The zero-order chi connectivity index (χ0) is 19.2. The van der Waals surface area contributed by atoms with Crippen molar-refractivity contribution in [1.29, 1.82) is 0 Å². The second-order valence-electron chi connectivity index (χ2n) is 5.91. The van der Waals surface area contributed by atoms with Crippen LogP contribution in [-0.4, -0.2) is 38.3 Å². The fraction of sp³-hybridized carbons (Fsp3) is 0.389. The molecule has 0 fully saturated rings. The molecule has 3 N–H and O–H groups in total. The highest BCUT2D eigenvalue weighted by atomic mass is 32.2. The molecule has 0 aliphatic rings. The van der Waals surface area contributed by atoms with Crippen LogP contribution in [0.5, 0.6) is 0 Å².